The van der Waals surface area contributed by atoms with E-state index in [0.29, 0.717) is 12.5 Å². The summed E-state index contributed by atoms with van der Waals surface area (Å²) in [7, 11) is -15.0. The standard InChI is InChI=1S/C25H23F4NO7S3/c1-16(30-40(35,36)25(27,28)29)18-8-11-20(12-9-18)38(31,32)23-13-10-19(37-15-17-6-7-17)14-24(23)39(33,34)22-5-3-2-4-21(22)26/h2-5,8-14,16-17,30H,6-7,15H2,1H3/t16-/m0/s1. The van der Waals surface area contributed by atoms with Gasteiger partial charge in [-0.05, 0) is 67.6 Å². The van der Waals surface area contributed by atoms with Crippen LogP contribution < -0.4 is 9.46 Å². The van der Waals surface area contributed by atoms with Crippen LogP contribution in [0.25, 0.3) is 0 Å². The molecule has 1 saturated carbocycles. The van der Waals surface area contributed by atoms with Gasteiger partial charge in [0.1, 0.15) is 16.5 Å². The molecule has 8 nitrogen and oxygen atoms in total. The van der Waals surface area contributed by atoms with Gasteiger partial charge in [0.25, 0.3) is 0 Å². The van der Waals surface area contributed by atoms with Gasteiger partial charge in [-0.25, -0.2) is 34.4 Å². The van der Waals surface area contributed by atoms with Gasteiger partial charge in [-0.15, -0.1) is 0 Å². The Labute approximate surface area is 228 Å². The highest BCUT2D eigenvalue weighted by atomic mass is 32.2. The van der Waals surface area contributed by atoms with Gasteiger partial charge in [-0.1, -0.05) is 24.3 Å². The van der Waals surface area contributed by atoms with E-state index in [1.807, 2.05) is 0 Å². The van der Waals surface area contributed by atoms with Crippen LogP contribution in [0.2, 0.25) is 0 Å². The molecule has 0 spiro atoms. The van der Waals surface area contributed by atoms with Gasteiger partial charge < -0.3 is 4.74 Å². The Morgan fingerprint density at radius 3 is 2.05 bits per heavy atom. The molecule has 40 heavy (non-hydrogen) atoms. The molecule has 0 aliphatic heterocycles. The number of sulfone groups is 2. The van der Waals surface area contributed by atoms with E-state index in [1.165, 1.54) is 22.9 Å². The van der Waals surface area contributed by atoms with Crippen LogP contribution in [0.5, 0.6) is 5.75 Å². The van der Waals surface area contributed by atoms with E-state index < -0.39 is 66.6 Å². The van der Waals surface area contributed by atoms with Gasteiger partial charge >= 0.3 is 15.5 Å². The zero-order valence-electron chi connectivity index (χ0n) is 20.7. The summed E-state index contributed by atoms with van der Waals surface area (Å²) in [6, 6.07) is 10.6. The fraction of sp³-hybridized carbons (Fsp3) is 0.280. The van der Waals surface area contributed by atoms with Crippen molar-refractivity contribution < 1.29 is 47.6 Å². The monoisotopic (exact) mass is 621 g/mol. The van der Waals surface area contributed by atoms with Crippen LogP contribution in [0.1, 0.15) is 31.4 Å². The summed E-state index contributed by atoms with van der Waals surface area (Å²) in [6.45, 7) is 1.43. The van der Waals surface area contributed by atoms with Crippen molar-refractivity contribution >= 4 is 29.7 Å². The second-order valence-corrected chi connectivity index (χ2v) is 14.7. The van der Waals surface area contributed by atoms with Crippen molar-refractivity contribution in [1.29, 1.82) is 0 Å². The molecule has 216 valence electrons. The van der Waals surface area contributed by atoms with Crippen molar-refractivity contribution in [3.8, 4) is 5.75 Å². The molecule has 0 heterocycles. The Hall–Kier alpha value is -3.01. The zero-order valence-corrected chi connectivity index (χ0v) is 23.2. The predicted molar refractivity (Wildman–Crippen MR) is 135 cm³/mol. The number of halogens is 4. The van der Waals surface area contributed by atoms with Crippen LogP contribution in [0.4, 0.5) is 17.6 Å². The first-order chi connectivity index (χ1) is 18.5. The third kappa shape index (κ3) is 6.16. The van der Waals surface area contributed by atoms with Gasteiger partial charge in [0.05, 0.1) is 21.3 Å². The van der Waals surface area contributed by atoms with E-state index in [1.54, 1.807) is 0 Å². The lowest BCUT2D eigenvalue weighted by Crippen LogP contribution is -2.37. The molecule has 1 fully saturated rings. The number of ether oxygens (including phenoxy) is 1. The molecule has 1 aliphatic rings. The predicted octanol–water partition coefficient (Wildman–Crippen LogP) is 4.78. The van der Waals surface area contributed by atoms with Crippen LogP contribution in [-0.4, -0.2) is 37.4 Å². The van der Waals surface area contributed by atoms with Gasteiger partial charge in [-0.2, -0.15) is 13.2 Å². The van der Waals surface area contributed by atoms with E-state index in [9.17, 15) is 42.8 Å². The van der Waals surface area contributed by atoms with Gasteiger partial charge in [0, 0.05) is 12.1 Å². The molecule has 0 amide bonds. The first kappa shape index (κ1) is 30.0. The molecule has 1 N–H and O–H groups in total. The molecule has 3 aromatic rings. The molecule has 0 unspecified atom stereocenters. The van der Waals surface area contributed by atoms with Gasteiger partial charge in [0.15, 0.2) is 0 Å². The first-order valence-corrected chi connectivity index (χ1v) is 16.2. The smallest absolute Gasteiger partial charge is 0.493 e. The summed E-state index contributed by atoms with van der Waals surface area (Å²) in [5.41, 5.74) is -5.53. The highest BCUT2D eigenvalue weighted by molar-refractivity contribution is 7.94. The van der Waals surface area contributed by atoms with Crippen molar-refractivity contribution in [2.45, 2.75) is 50.9 Å². The number of nitrogens with one attached hydrogen (secondary N) is 1. The second-order valence-electron chi connectivity index (χ2n) is 9.16. The van der Waals surface area contributed by atoms with Crippen LogP contribution >= 0.6 is 0 Å². The lowest BCUT2D eigenvalue weighted by molar-refractivity contribution is -0.0450. The molecular formula is C25H23F4NO7S3. The van der Waals surface area contributed by atoms with Crippen molar-refractivity contribution in [3.63, 3.8) is 0 Å². The molecule has 4 rings (SSSR count). The molecule has 0 radical (unpaired) electrons. The maximum atomic E-state index is 14.5. The first-order valence-electron chi connectivity index (χ1n) is 11.7. The molecular weight excluding hydrogens is 598 g/mol. The van der Waals surface area contributed by atoms with Gasteiger partial charge in [0.2, 0.25) is 19.7 Å². The number of hydrogen-bond acceptors (Lipinski definition) is 7. The summed E-state index contributed by atoms with van der Waals surface area (Å²) in [4.78, 5) is -2.57. The third-order valence-corrected chi connectivity index (χ3v) is 11.2. The largest absolute Gasteiger partial charge is 0.511 e. The average Bonchev–Trinajstić information content (AvgIpc) is 3.71. The van der Waals surface area contributed by atoms with Crippen LogP contribution in [0.15, 0.2) is 86.3 Å². The van der Waals surface area contributed by atoms with Crippen molar-refractivity contribution in [2.24, 2.45) is 5.92 Å². The van der Waals surface area contributed by atoms with E-state index in [4.69, 9.17) is 4.74 Å². The number of sulfonamides is 1. The van der Waals surface area contributed by atoms with E-state index in [2.05, 4.69) is 0 Å². The SMILES string of the molecule is C[C@H](NS(=O)(=O)C(F)(F)F)c1ccc(S(=O)(=O)c2ccc(OCC3CC3)cc2S(=O)(=O)c2ccccc2F)cc1. The average molecular weight is 622 g/mol. The van der Waals surface area contributed by atoms with Crippen molar-refractivity contribution in [3.05, 3.63) is 78.1 Å². The van der Waals surface area contributed by atoms with Crippen LogP contribution in [-0.2, 0) is 29.7 Å². The maximum Gasteiger partial charge on any atom is 0.511 e. The Morgan fingerprint density at radius 2 is 1.48 bits per heavy atom. The summed E-state index contributed by atoms with van der Waals surface area (Å²) in [5, 5.41) is 0. The highest BCUT2D eigenvalue weighted by Gasteiger charge is 2.46. The van der Waals surface area contributed by atoms with Crippen molar-refractivity contribution in [1.82, 2.24) is 4.72 Å². The lowest BCUT2D eigenvalue weighted by Gasteiger charge is -2.17. The number of hydrogen-bond donors (Lipinski definition) is 1. The van der Waals surface area contributed by atoms with E-state index in [0.717, 1.165) is 68.3 Å². The Kier molecular flexibility index (Phi) is 8.06. The summed E-state index contributed by atoms with van der Waals surface area (Å²) < 4.78 is 137. The molecule has 1 aliphatic carbocycles. The third-order valence-electron chi connectivity index (χ3n) is 6.13. The second kappa shape index (κ2) is 10.8. The minimum Gasteiger partial charge on any atom is -0.493 e. The van der Waals surface area contributed by atoms with Crippen LogP contribution in [0, 0.1) is 11.7 Å². The molecule has 0 aromatic heterocycles. The van der Waals surface area contributed by atoms with Crippen LogP contribution in [0.3, 0.4) is 0 Å². The quantitative estimate of drug-likeness (QED) is 0.323. The molecule has 3 aromatic carbocycles. The summed E-state index contributed by atoms with van der Waals surface area (Å²) in [5.74, 6) is -0.715. The topological polar surface area (TPSA) is 124 Å². The molecule has 0 saturated heterocycles. The zero-order chi connectivity index (χ0) is 29.5. The van der Waals surface area contributed by atoms with E-state index >= 15 is 0 Å². The fourth-order valence-electron chi connectivity index (χ4n) is 3.72. The number of alkyl halides is 3. The van der Waals surface area contributed by atoms with Crippen molar-refractivity contribution in [2.75, 3.05) is 6.61 Å². The fourth-order valence-corrected chi connectivity index (χ4v) is 7.86. The number of benzene rings is 3. The highest BCUT2D eigenvalue weighted by Crippen LogP contribution is 2.36. The van der Waals surface area contributed by atoms with E-state index in [-0.39, 0.29) is 11.3 Å². The lowest BCUT2D eigenvalue weighted by atomic mass is 10.1. The number of rotatable bonds is 10. The Balaban J connectivity index is 1.74. The Morgan fingerprint density at radius 1 is 0.850 bits per heavy atom. The summed E-state index contributed by atoms with van der Waals surface area (Å²) >= 11 is 0. The molecule has 1 atom stereocenters. The maximum absolute atomic E-state index is 14.5. The van der Waals surface area contributed by atoms with Gasteiger partial charge in [-0.3, -0.25) is 0 Å². The minimum absolute atomic E-state index is 0.00907. The molecule has 0 bridgehead atoms. The summed E-state index contributed by atoms with van der Waals surface area (Å²) in [6.07, 6.45) is 1.89. The normalized spacial score (nSPS) is 15.5. The minimum atomic E-state index is -5.67. The Bertz CT molecular complexity index is 1740. The molecule has 15 heteroatoms.